The maximum absolute atomic E-state index is 13.0. The SMILES string of the molecule is CC(=O)c1cn(-c2ccccc2)nc1-c1ccc(C(O)(C(F)(F)F)C(F)(F)F)cc1. The van der Waals surface area contributed by atoms with E-state index in [1.807, 2.05) is 0 Å². The maximum atomic E-state index is 13.0. The summed E-state index contributed by atoms with van der Waals surface area (Å²) in [6, 6.07) is 11.6. The van der Waals surface area contributed by atoms with Gasteiger partial charge in [0, 0.05) is 17.3 Å². The first-order valence-corrected chi connectivity index (χ1v) is 8.49. The summed E-state index contributed by atoms with van der Waals surface area (Å²) in [5, 5.41) is 13.7. The molecule has 0 fully saturated rings. The Labute approximate surface area is 166 Å². The molecule has 0 atom stereocenters. The largest absolute Gasteiger partial charge is 0.430 e. The van der Waals surface area contributed by atoms with Crippen molar-refractivity contribution < 1.29 is 36.2 Å². The third-order valence-electron chi connectivity index (χ3n) is 4.51. The molecular formula is C20H14F6N2O2. The molecule has 1 heterocycles. The van der Waals surface area contributed by atoms with Crippen LogP contribution in [0, 0.1) is 0 Å². The quantitative estimate of drug-likeness (QED) is 0.467. The number of nitrogens with zero attached hydrogens (tertiary/aromatic N) is 2. The molecule has 1 N–H and O–H groups in total. The zero-order valence-electron chi connectivity index (χ0n) is 15.3. The van der Waals surface area contributed by atoms with Crippen molar-refractivity contribution in [1.82, 2.24) is 9.78 Å². The molecule has 0 bridgehead atoms. The smallest absolute Gasteiger partial charge is 0.369 e. The van der Waals surface area contributed by atoms with Gasteiger partial charge in [-0.2, -0.15) is 31.4 Å². The van der Waals surface area contributed by atoms with E-state index in [1.54, 1.807) is 30.3 Å². The number of aromatic nitrogens is 2. The van der Waals surface area contributed by atoms with Gasteiger partial charge in [-0.25, -0.2) is 4.68 Å². The van der Waals surface area contributed by atoms with Crippen LogP contribution in [0.15, 0.2) is 60.8 Å². The van der Waals surface area contributed by atoms with Gasteiger partial charge < -0.3 is 5.11 Å². The lowest BCUT2D eigenvalue weighted by molar-refractivity contribution is -0.376. The number of rotatable bonds is 4. The summed E-state index contributed by atoms with van der Waals surface area (Å²) in [4.78, 5) is 12.0. The molecule has 30 heavy (non-hydrogen) atoms. The van der Waals surface area contributed by atoms with Crippen LogP contribution in [0.5, 0.6) is 0 Å². The summed E-state index contributed by atoms with van der Waals surface area (Å²) < 4.78 is 79.6. The fourth-order valence-electron chi connectivity index (χ4n) is 2.92. The van der Waals surface area contributed by atoms with Crippen molar-refractivity contribution in [3.05, 3.63) is 71.9 Å². The standard InChI is InChI=1S/C20H14F6N2O2/c1-12(29)16-11-28(15-5-3-2-4-6-15)27-17(16)13-7-9-14(10-8-13)18(30,19(21,22)23)20(24,25)26/h2-11,30H,1H3. The lowest BCUT2D eigenvalue weighted by Gasteiger charge is -2.32. The molecule has 3 aromatic rings. The van der Waals surface area contributed by atoms with Gasteiger partial charge in [-0.05, 0) is 19.1 Å². The molecule has 0 amide bonds. The molecule has 0 aliphatic rings. The number of Topliss-reactive ketones (excluding diaryl/α,β-unsaturated/α-hetero) is 1. The van der Waals surface area contributed by atoms with E-state index in [4.69, 9.17) is 0 Å². The molecule has 4 nitrogen and oxygen atoms in total. The van der Waals surface area contributed by atoms with Crippen molar-refractivity contribution in [1.29, 1.82) is 0 Å². The number of alkyl halides is 6. The number of halogens is 6. The minimum absolute atomic E-state index is 0.0838. The molecule has 158 valence electrons. The topological polar surface area (TPSA) is 55.1 Å². The monoisotopic (exact) mass is 428 g/mol. The highest BCUT2D eigenvalue weighted by Gasteiger charge is 2.71. The second-order valence-electron chi connectivity index (χ2n) is 6.51. The average molecular weight is 428 g/mol. The van der Waals surface area contributed by atoms with Gasteiger partial charge in [-0.15, -0.1) is 0 Å². The zero-order chi connectivity index (χ0) is 22.3. The molecule has 0 saturated carbocycles. The highest BCUT2D eigenvalue weighted by molar-refractivity contribution is 5.99. The Morgan fingerprint density at radius 1 is 0.900 bits per heavy atom. The van der Waals surface area contributed by atoms with Gasteiger partial charge in [0.15, 0.2) is 5.78 Å². The van der Waals surface area contributed by atoms with Crippen LogP contribution in [-0.4, -0.2) is 33.0 Å². The van der Waals surface area contributed by atoms with Crippen molar-refractivity contribution in [3.8, 4) is 16.9 Å². The normalized spacial score (nSPS) is 12.8. The minimum Gasteiger partial charge on any atom is -0.369 e. The predicted octanol–water partition coefficient (Wildman–Crippen LogP) is 5.05. The Balaban J connectivity index is 2.09. The van der Waals surface area contributed by atoms with Gasteiger partial charge in [-0.1, -0.05) is 42.5 Å². The van der Waals surface area contributed by atoms with Gasteiger partial charge in [0.25, 0.3) is 5.60 Å². The van der Waals surface area contributed by atoms with Crippen molar-refractivity contribution >= 4 is 5.78 Å². The first-order valence-electron chi connectivity index (χ1n) is 8.49. The minimum atomic E-state index is -5.98. The number of hydrogen-bond acceptors (Lipinski definition) is 3. The lowest BCUT2D eigenvalue weighted by atomic mass is 9.91. The number of benzene rings is 2. The zero-order valence-corrected chi connectivity index (χ0v) is 15.3. The summed E-state index contributed by atoms with van der Waals surface area (Å²) in [5.74, 6) is -0.390. The average Bonchev–Trinajstić information content (AvgIpc) is 3.12. The molecule has 0 aliphatic heterocycles. The van der Waals surface area contributed by atoms with E-state index in [0.717, 1.165) is 12.1 Å². The van der Waals surface area contributed by atoms with Crippen molar-refractivity contribution in [2.75, 3.05) is 0 Å². The molecule has 1 aromatic heterocycles. The second-order valence-corrected chi connectivity index (χ2v) is 6.51. The summed E-state index contributed by atoms with van der Waals surface area (Å²) >= 11 is 0. The van der Waals surface area contributed by atoms with Gasteiger partial charge in [0.2, 0.25) is 0 Å². The Bertz CT molecular complexity index is 1040. The van der Waals surface area contributed by atoms with Crippen LogP contribution in [0.3, 0.4) is 0 Å². The summed E-state index contributed by atoms with van der Waals surface area (Å²) in [7, 11) is 0. The van der Waals surface area contributed by atoms with Crippen molar-refractivity contribution in [2.24, 2.45) is 0 Å². The third-order valence-corrected chi connectivity index (χ3v) is 4.51. The van der Waals surface area contributed by atoms with Crippen LogP contribution in [-0.2, 0) is 5.60 Å². The molecule has 10 heteroatoms. The molecule has 0 spiro atoms. The van der Waals surface area contributed by atoms with Crippen LogP contribution in [0.2, 0.25) is 0 Å². The Hall–Kier alpha value is -3.14. The molecule has 0 saturated heterocycles. The molecule has 3 rings (SSSR count). The molecule has 2 aromatic carbocycles. The molecule has 0 aliphatic carbocycles. The van der Waals surface area contributed by atoms with E-state index in [0.29, 0.717) is 17.8 Å². The first kappa shape index (κ1) is 21.6. The van der Waals surface area contributed by atoms with Crippen LogP contribution >= 0.6 is 0 Å². The van der Waals surface area contributed by atoms with Crippen molar-refractivity contribution in [3.63, 3.8) is 0 Å². The van der Waals surface area contributed by atoms with Crippen LogP contribution in [0.1, 0.15) is 22.8 Å². The number of hydrogen-bond donors (Lipinski definition) is 1. The van der Waals surface area contributed by atoms with E-state index < -0.39 is 29.3 Å². The Kier molecular flexibility index (Phi) is 5.23. The van der Waals surface area contributed by atoms with E-state index in [2.05, 4.69) is 5.10 Å². The van der Waals surface area contributed by atoms with E-state index in [-0.39, 0.29) is 16.8 Å². The number of carbonyl (C=O) groups is 1. The Morgan fingerprint density at radius 3 is 1.90 bits per heavy atom. The summed E-state index contributed by atoms with van der Waals surface area (Å²) in [6.45, 7) is 1.26. The van der Waals surface area contributed by atoms with Crippen LogP contribution in [0.4, 0.5) is 26.3 Å². The number of para-hydroxylation sites is 1. The predicted molar refractivity (Wildman–Crippen MR) is 95.0 cm³/mol. The van der Waals surface area contributed by atoms with E-state index in [1.165, 1.54) is 17.8 Å². The summed E-state index contributed by atoms with van der Waals surface area (Å²) in [6.07, 6.45) is -10.5. The van der Waals surface area contributed by atoms with Crippen molar-refractivity contribution in [2.45, 2.75) is 24.9 Å². The lowest BCUT2D eigenvalue weighted by Crippen LogP contribution is -2.53. The van der Waals surface area contributed by atoms with E-state index >= 15 is 0 Å². The fraction of sp³-hybridized carbons (Fsp3) is 0.200. The molecule has 0 unspecified atom stereocenters. The summed E-state index contributed by atoms with van der Waals surface area (Å²) in [5.41, 5.74) is -5.48. The number of aliphatic hydroxyl groups is 1. The number of ketones is 1. The number of carbonyl (C=O) groups excluding carboxylic acids is 1. The van der Waals surface area contributed by atoms with E-state index in [9.17, 15) is 36.2 Å². The van der Waals surface area contributed by atoms with Gasteiger partial charge >= 0.3 is 12.4 Å². The molecular weight excluding hydrogens is 414 g/mol. The van der Waals surface area contributed by atoms with Gasteiger partial charge in [-0.3, -0.25) is 4.79 Å². The first-order chi connectivity index (χ1) is 13.9. The highest BCUT2D eigenvalue weighted by Crippen LogP contribution is 2.50. The maximum Gasteiger partial charge on any atom is 0.430 e. The van der Waals surface area contributed by atoms with Gasteiger partial charge in [0.05, 0.1) is 11.3 Å². The van der Waals surface area contributed by atoms with Crippen LogP contribution in [0.25, 0.3) is 16.9 Å². The molecule has 0 radical (unpaired) electrons. The Morgan fingerprint density at radius 2 is 1.43 bits per heavy atom. The second kappa shape index (κ2) is 7.28. The van der Waals surface area contributed by atoms with Crippen LogP contribution < -0.4 is 0 Å². The third kappa shape index (κ3) is 3.58. The van der Waals surface area contributed by atoms with Gasteiger partial charge in [0.1, 0.15) is 5.69 Å². The highest BCUT2D eigenvalue weighted by atomic mass is 19.4. The fourth-order valence-corrected chi connectivity index (χ4v) is 2.92.